The Bertz CT molecular complexity index is 820. The minimum atomic E-state index is -0.465. The van der Waals surface area contributed by atoms with E-state index in [1.807, 2.05) is 44.3 Å². The van der Waals surface area contributed by atoms with Crippen LogP contribution in [0, 0.1) is 19.8 Å². The van der Waals surface area contributed by atoms with Crippen LogP contribution >= 0.6 is 24.0 Å². The molecule has 1 aromatic rings. The van der Waals surface area contributed by atoms with Crippen LogP contribution in [0.4, 0.5) is 4.79 Å². The number of hydrogen-bond acceptors (Lipinski definition) is 4. The van der Waals surface area contributed by atoms with Gasteiger partial charge in [-0.15, -0.1) is 24.0 Å². The fraction of sp³-hybridized carbons (Fsp3) is 0.792. The zero-order valence-corrected chi connectivity index (χ0v) is 23.8. The summed E-state index contributed by atoms with van der Waals surface area (Å²) in [4.78, 5) is 22.2. The van der Waals surface area contributed by atoms with Gasteiger partial charge in [0.2, 0.25) is 0 Å². The number of hydrogen-bond donors (Lipinski definition) is 1. The summed E-state index contributed by atoms with van der Waals surface area (Å²) in [5.41, 5.74) is 2.93. The van der Waals surface area contributed by atoms with Gasteiger partial charge in [-0.3, -0.25) is 4.68 Å². The third-order valence-electron chi connectivity index (χ3n) is 6.37. The summed E-state index contributed by atoms with van der Waals surface area (Å²) in [6, 6.07) is 0.229. The first kappa shape index (κ1) is 27.7. The Hall–Kier alpha value is -1.52. The van der Waals surface area contributed by atoms with Gasteiger partial charge in [-0.2, -0.15) is 5.10 Å². The van der Waals surface area contributed by atoms with E-state index in [0.717, 1.165) is 56.4 Å². The first-order valence-corrected chi connectivity index (χ1v) is 12.1. The molecular formula is C24H43IN6O2. The van der Waals surface area contributed by atoms with Gasteiger partial charge in [0, 0.05) is 50.5 Å². The minimum absolute atomic E-state index is 0. The van der Waals surface area contributed by atoms with E-state index in [-0.39, 0.29) is 36.1 Å². The van der Waals surface area contributed by atoms with Gasteiger partial charge in [-0.1, -0.05) is 0 Å². The average molecular weight is 575 g/mol. The van der Waals surface area contributed by atoms with Crippen LogP contribution in [-0.4, -0.2) is 69.5 Å². The predicted molar refractivity (Wildman–Crippen MR) is 143 cm³/mol. The van der Waals surface area contributed by atoms with Gasteiger partial charge in [0.05, 0.1) is 12.2 Å². The molecule has 1 aliphatic carbocycles. The lowest BCUT2D eigenvalue weighted by Crippen LogP contribution is -2.52. The molecule has 0 atom stereocenters. The topological polar surface area (TPSA) is 75.0 Å². The standard InChI is InChI=1S/C24H42N6O2.HI/c1-8-25-22(26-15-21-17(2)27-28(7)18(21)3)29-13-11-20(12-14-29)30(16-19-9-10-19)23(31)32-24(4,5)6;/h19-20H,8-16H2,1-7H3,(H,25,26);1H. The molecule has 8 nitrogen and oxygen atoms in total. The summed E-state index contributed by atoms with van der Waals surface area (Å²) < 4.78 is 7.66. The summed E-state index contributed by atoms with van der Waals surface area (Å²) >= 11 is 0. The first-order chi connectivity index (χ1) is 15.1. The monoisotopic (exact) mass is 574 g/mol. The number of nitrogens with one attached hydrogen (secondary N) is 1. The molecule has 1 aromatic heterocycles. The molecule has 0 radical (unpaired) electrons. The number of rotatable bonds is 6. The van der Waals surface area contributed by atoms with Crippen LogP contribution in [0.15, 0.2) is 4.99 Å². The second kappa shape index (κ2) is 11.8. The average Bonchev–Trinajstić information content (AvgIpc) is 3.50. The SMILES string of the molecule is CCNC(=NCc1c(C)nn(C)c1C)N1CCC(N(CC2CC2)C(=O)OC(C)(C)C)CC1.I. The molecule has 2 heterocycles. The second-order valence-corrected chi connectivity index (χ2v) is 10.2. The third kappa shape index (κ3) is 7.75. The number of halogens is 1. The maximum atomic E-state index is 12.9. The first-order valence-electron chi connectivity index (χ1n) is 12.1. The lowest BCUT2D eigenvalue weighted by molar-refractivity contribution is 0.00928. The van der Waals surface area contributed by atoms with Crippen molar-refractivity contribution in [3.8, 4) is 0 Å². The van der Waals surface area contributed by atoms with Crippen LogP contribution in [0.2, 0.25) is 0 Å². The number of carbonyl (C=O) groups excluding carboxylic acids is 1. The second-order valence-electron chi connectivity index (χ2n) is 10.2. The van der Waals surface area contributed by atoms with Crippen LogP contribution in [0.5, 0.6) is 0 Å². The van der Waals surface area contributed by atoms with Gasteiger partial charge < -0.3 is 19.9 Å². The van der Waals surface area contributed by atoms with Gasteiger partial charge >= 0.3 is 6.09 Å². The van der Waals surface area contributed by atoms with Crippen LogP contribution in [-0.2, 0) is 18.3 Å². The molecular weight excluding hydrogens is 531 g/mol. The number of guanidine groups is 1. The van der Waals surface area contributed by atoms with E-state index < -0.39 is 5.60 Å². The summed E-state index contributed by atoms with van der Waals surface area (Å²) in [7, 11) is 1.98. The molecule has 9 heteroatoms. The van der Waals surface area contributed by atoms with E-state index in [1.54, 1.807) is 0 Å². The maximum absolute atomic E-state index is 12.9. The van der Waals surface area contributed by atoms with Gasteiger partial charge in [-0.05, 0) is 73.1 Å². The highest BCUT2D eigenvalue weighted by Gasteiger charge is 2.35. The molecule has 188 valence electrons. The number of aryl methyl sites for hydroxylation is 2. The van der Waals surface area contributed by atoms with Gasteiger partial charge in [0.15, 0.2) is 5.96 Å². The van der Waals surface area contributed by atoms with Crippen LogP contribution in [0.3, 0.4) is 0 Å². The van der Waals surface area contributed by atoms with Crippen molar-refractivity contribution in [2.24, 2.45) is 18.0 Å². The van der Waals surface area contributed by atoms with Gasteiger partial charge in [0.25, 0.3) is 0 Å². The van der Waals surface area contributed by atoms with E-state index >= 15 is 0 Å². The number of carbonyl (C=O) groups is 1. The van der Waals surface area contributed by atoms with Crippen molar-refractivity contribution in [1.82, 2.24) is 24.9 Å². The van der Waals surface area contributed by atoms with E-state index in [0.29, 0.717) is 12.5 Å². The fourth-order valence-corrected chi connectivity index (χ4v) is 4.29. The maximum Gasteiger partial charge on any atom is 0.410 e. The molecule has 0 unspecified atom stereocenters. The molecule has 2 aliphatic rings. The Balaban J connectivity index is 0.00000385. The number of nitrogens with zero attached hydrogens (tertiary/aromatic N) is 5. The number of likely N-dealkylation sites (tertiary alicyclic amines) is 1. The lowest BCUT2D eigenvalue weighted by Gasteiger charge is -2.40. The van der Waals surface area contributed by atoms with Crippen molar-refractivity contribution < 1.29 is 9.53 Å². The number of ether oxygens (including phenoxy) is 1. The number of amides is 1. The summed E-state index contributed by atoms with van der Waals surface area (Å²) in [6.45, 7) is 16.1. The Labute approximate surface area is 216 Å². The largest absolute Gasteiger partial charge is 0.444 e. The van der Waals surface area contributed by atoms with Crippen molar-refractivity contribution in [3.63, 3.8) is 0 Å². The van der Waals surface area contributed by atoms with Crippen molar-refractivity contribution in [2.45, 2.75) is 85.4 Å². The molecule has 0 bridgehead atoms. The Kier molecular flexibility index (Phi) is 9.87. The zero-order chi connectivity index (χ0) is 23.5. The van der Waals surface area contributed by atoms with Crippen LogP contribution < -0.4 is 5.32 Å². The van der Waals surface area contributed by atoms with Crippen LogP contribution in [0.25, 0.3) is 0 Å². The molecule has 3 rings (SSSR count). The highest BCUT2D eigenvalue weighted by molar-refractivity contribution is 14.0. The van der Waals surface area contributed by atoms with Crippen LogP contribution in [0.1, 0.15) is 70.3 Å². The Morgan fingerprint density at radius 3 is 2.33 bits per heavy atom. The van der Waals surface area contributed by atoms with E-state index in [4.69, 9.17) is 9.73 Å². The smallest absolute Gasteiger partial charge is 0.410 e. The summed E-state index contributed by atoms with van der Waals surface area (Å²) in [5, 5.41) is 7.96. The zero-order valence-electron chi connectivity index (χ0n) is 21.5. The Morgan fingerprint density at radius 2 is 1.85 bits per heavy atom. The van der Waals surface area contributed by atoms with E-state index in [9.17, 15) is 4.79 Å². The number of piperidine rings is 1. The van der Waals surface area contributed by atoms with Gasteiger partial charge in [-0.25, -0.2) is 9.79 Å². The predicted octanol–water partition coefficient (Wildman–Crippen LogP) is 4.23. The van der Waals surface area contributed by atoms with Crippen molar-refractivity contribution in [3.05, 3.63) is 17.0 Å². The third-order valence-corrected chi connectivity index (χ3v) is 6.37. The molecule has 1 N–H and O–H groups in total. The van der Waals surface area contributed by atoms with E-state index in [2.05, 4.69) is 29.2 Å². The fourth-order valence-electron chi connectivity index (χ4n) is 4.29. The molecule has 1 saturated heterocycles. The van der Waals surface area contributed by atoms with Gasteiger partial charge in [0.1, 0.15) is 5.60 Å². The van der Waals surface area contributed by atoms with E-state index in [1.165, 1.54) is 18.4 Å². The van der Waals surface area contributed by atoms with Crippen molar-refractivity contribution in [1.29, 1.82) is 0 Å². The Morgan fingerprint density at radius 1 is 1.21 bits per heavy atom. The normalized spacial score (nSPS) is 17.5. The molecule has 0 spiro atoms. The molecule has 33 heavy (non-hydrogen) atoms. The lowest BCUT2D eigenvalue weighted by atomic mass is 10.0. The quantitative estimate of drug-likeness (QED) is 0.313. The highest BCUT2D eigenvalue weighted by Crippen LogP contribution is 2.32. The summed E-state index contributed by atoms with van der Waals surface area (Å²) in [5.74, 6) is 1.59. The molecule has 1 saturated carbocycles. The molecule has 1 aliphatic heterocycles. The molecule has 1 amide bonds. The number of aliphatic imine (C=N–C) groups is 1. The van der Waals surface area contributed by atoms with Crippen molar-refractivity contribution in [2.75, 3.05) is 26.2 Å². The minimum Gasteiger partial charge on any atom is -0.444 e. The molecule has 0 aromatic carbocycles. The summed E-state index contributed by atoms with van der Waals surface area (Å²) in [6.07, 6.45) is 4.15. The highest BCUT2D eigenvalue weighted by atomic mass is 127. The molecule has 2 fully saturated rings. The van der Waals surface area contributed by atoms with Crippen molar-refractivity contribution >= 4 is 36.0 Å². The number of aromatic nitrogens is 2.